The zero-order chi connectivity index (χ0) is 10.0. The molecule has 0 atom stereocenters. The first-order valence-electron chi connectivity index (χ1n) is 4.28. The van der Waals surface area contributed by atoms with Crippen LogP contribution in [0.15, 0.2) is 54.9 Å². The molecule has 1 aromatic heterocycles. The molecule has 1 heterocycles. The molecular weight excluding hydrogens is 347 g/mol. The molecule has 0 aliphatic rings. The summed E-state index contributed by atoms with van der Waals surface area (Å²) in [6.45, 7) is 0. The zero-order valence-electron chi connectivity index (χ0n) is 7.81. The Bertz CT molecular complexity index is 403. The van der Waals surface area contributed by atoms with Crippen molar-refractivity contribution in [3.63, 3.8) is 0 Å². The molecule has 0 saturated heterocycles. The molecule has 2 aromatic rings. The SMILES string of the molecule is I.[F][Ti]([F])([c]1ccccc1)[n]1cccc1. The predicted molar refractivity (Wildman–Crippen MR) is 63.5 cm³/mol. The van der Waals surface area contributed by atoms with E-state index in [1.165, 1.54) is 24.5 Å². The van der Waals surface area contributed by atoms with Gasteiger partial charge in [-0.15, -0.1) is 24.0 Å². The van der Waals surface area contributed by atoms with Crippen molar-refractivity contribution in [3.8, 4) is 0 Å². The molecule has 0 bridgehead atoms. The summed E-state index contributed by atoms with van der Waals surface area (Å²) in [4.78, 5) is 0. The summed E-state index contributed by atoms with van der Waals surface area (Å²) in [5.74, 6) is 0. The first-order valence-corrected chi connectivity index (χ1v) is 6.94. The molecular formula is C10H10F2INTi. The maximum atomic E-state index is 13.9. The summed E-state index contributed by atoms with van der Waals surface area (Å²) in [6, 6.07) is 11.3. The van der Waals surface area contributed by atoms with Gasteiger partial charge in [0.15, 0.2) is 0 Å². The molecule has 0 N–H and O–H groups in total. The van der Waals surface area contributed by atoms with Crippen LogP contribution in [-0.4, -0.2) is 3.05 Å². The van der Waals surface area contributed by atoms with Gasteiger partial charge in [0.25, 0.3) is 0 Å². The fourth-order valence-electron chi connectivity index (χ4n) is 1.31. The Morgan fingerprint density at radius 2 is 1.40 bits per heavy atom. The third-order valence-electron chi connectivity index (χ3n) is 2.05. The summed E-state index contributed by atoms with van der Waals surface area (Å²) in [5.41, 5.74) is 0. The van der Waals surface area contributed by atoms with Crippen LogP contribution in [0.3, 0.4) is 0 Å². The van der Waals surface area contributed by atoms with Gasteiger partial charge in [0, 0.05) is 0 Å². The van der Waals surface area contributed by atoms with Gasteiger partial charge >= 0.3 is 85.9 Å². The Hall–Kier alpha value is -0.196. The van der Waals surface area contributed by atoms with E-state index in [9.17, 15) is 6.18 Å². The van der Waals surface area contributed by atoms with E-state index in [0.717, 1.165) is 3.05 Å². The second-order valence-electron chi connectivity index (χ2n) is 3.00. The maximum absolute atomic E-state index is 13.9. The molecule has 0 aliphatic heterocycles. The van der Waals surface area contributed by atoms with E-state index in [0.29, 0.717) is 0 Å². The van der Waals surface area contributed by atoms with E-state index >= 15 is 0 Å². The van der Waals surface area contributed by atoms with Crippen molar-refractivity contribution in [2.24, 2.45) is 0 Å². The topological polar surface area (TPSA) is 4.93 Å². The summed E-state index contributed by atoms with van der Waals surface area (Å²) < 4.78 is 29.0. The average molecular weight is 357 g/mol. The van der Waals surface area contributed by atoms with Crippen molar-refractivity contribution < 1.29 is 24.1 Å². The number of hydrogen-bond donors (Lipinski definition) is 0. The van der Waals surface area contributed by atoms with Crippen LogP contribution in [0.5, 0.6) is 0 Å². The van der Waals surface area contributed by atoms with Crippen molar-refractivity contribution in [2.75, 3.05) is 0 Å². The monoisotopic (exact) mass is 357 g/mol. The molecule has 0 spiro atoms. The van der Waals surface area contributed by atoms with Gasteiger partial charge in [0.2, 0.25) is 0 Å². The van der Waals surface area contributed by atoms with Gasteiger partial charge in [-0.05, 0) is 0 Å². The van der Waals surface area contributed by atoms with Gasteiger partial charge in [0.1, 0.15) is 0 Å². The van der Waals surface area contributed by atoms with Gasteiger partial charge in [-0.25, -0.2) is 0 Å². The first-order chi connectivity index (χ1) is 6.71. The number of hydrogen-bond acceptors (Lipinski definition) is 0. The molecule has 0 aliphatic carbocycles. The minimum atomic E-state index is -5.02. The molecule has 0 amide bonds. The standard InChI is InChI=1S/C6H5.C4H4N.2FH.HI.Ti/c1-2-4-6-5-3-1;1-2-4-5-3-1;;;;/h1-5H;1-4H;3*1H;/q;-1;;;;+3/p-2. The molecule has 1 aromatic carbocycles. The molecule has 0 fully saturated rings. The third-order valence-corrected chi connectivity index (χ3v) is 5.13. The first kappa shape index (κ1) is 12.9. The van der Waals surface area contributed by atoms with Crippen LogP contribution in [0.25, 0.3) is 0 Å². The van der Waals surface area contributed by atoms with Crippen molar-refractivity contribution in [1.82, 2.24) is 3.05 Å². The number of aromatic nitrogens is 1. The van der Waals surface area contributed by atoms with E-state index in [1.54, 1.807) is 30.3 Å². The molecule has 0 radical (unpaired) electrons. The van der Waals surface area contributed by atoms with Crippen molar-refractivity contribution in [1.29, 1.82) is 0 Å². The number of rotatable bonds is 2. The third kappa shape index (κ3) is 2.68. The van der Waals surface area contributed by atoms with Gasteiger partial charge in [-0.1, -0.05) is 0 Å². The van der Waals surface area contributed by atoms with Gasteiger partial charge in [-0.3, -0.25) is 0 Å². The van der Waals surface area contributed by atoms with Crippen molar-refractivity contribution >= 4 is 27.8 Å². The Balaban J connectivity index is 0.00000112. The van der Waals surface area contributed by atoms with Crippen LogP contribution in [0.4, 0.5) is 6.18 Å². The summed E-state index contributed by atoms with van der Waals surface area (Å²) in [7, 11) is 0. The van der Waals surface area contributed by atoms with Crippen molar-refractivity contribution in [3.05, 3.63) is 54.9 Å². The van der Waals surface area contributed by atoms with E-state index in [4.69, 9.17) is 0 Å². The van der Waals surface area contributed by atoms with Crippen LogP contribution in [0.1, 0.15) is 0 Å². The summed E-state index contributed by atoms with van der Waals surface area (Å²) >= 11 is -5.02. The summed E-state index contributed by atoms with van der Waals surface area (Å²) in [5, 5.41) is 0. The summed E-state index contributed by atoms with van der Waals surface area (Å²) in [6.07, 6.45) is 2.88. The van der Waals surface area contributed by atoms with Crippen LogP contribution in [-0.2, 0) is 17.9 Å². The van der Waals surface area contributed by atoms with Crippen LogP contribution in [0.2, 0.25) is 0 Å². The molecule has 2 rings (SSSR count). The van der Waals surface area contributed by atoms with Crippen LogP contribution >= 0.6 is 24.0 Å². The number of halogens is 3. The van der Waals surface area contributed by atoms with Gasteiger partial charge in [-0.2, -0.15) is 0 Å². The molecule has 1 nitrogen and oxygen atoms in total. The molecule has 80 valence electrons. The van der Waals surface area contributed by atoms with E-state index in [-0.39, 0.29) is 27.8 Å². The zero-order valence-corrected chi connectivity index (χ0v) is 11.7. The van der Waals surface area contributed by atoms with E-state index < -0.39 is 17.9 Å². The average Bonchev–Trinajstić information content (AvgIpc) is 2.72. The normalized spacial score (nSPS) is 10.8. The van der Waals surface area contributed by atoms with Gasteiger partial charge < -0.3 is 0 Å². The number of benzene rings is 1. The van der Waals surface area contributed by atoms with Crippen molar-refractivity contribution in [2.45, 2.75) is 0 Å². The second kappa shape index (κ2) is 5.23. The second-order valence-corrected chi connectivity index (χ2v) is 6.40. The molecule has 0 saturated carbocycles. The van der Waals surface area contributed by atoms with Gasteiger partial charge in [0.05, 0.1) is 0 Å². The predicted octanol–water partition coefficient (Wildman–Crippen LogP) is 3.12. The minimum absolute atomic E-state index is 0. The fraction of sp³-hybridized carbons (Fsp3) is 0. The Labute approximate surface area is 109 Å². The molecule has 0 unspecified atom stereocenters. The molecule has 15 heavy (non-hydrogen) atoms. The van der Waals surface area contributed by atoms with E-state index in [1.807, 2.05) is 0 Å². The Morgan fingerprint density at radius 3 is 1.93 bits per heavy atom. The Kier molecular flexibility index (Phi) is 4.49. The number of nitrogens with zero attached hydrogens (tertiary/aromatic N) is 1. The van der Waals surface area contributed by atoms with Crippen LogP contribution < -0.4 is 3.87 Å². The van der Waals surface area contributed by atoms with Crippen LogP contribution in [0, 0.1) is 0 Å². The Morgan fingerprint density at radius 1 is 0.867 bits per heavy atom. The fourth-order valence-corrected chi connectivity index (χ4v) is 3.56. The molecule has 5 heteroatoms. The van der Waals surface area contributed by atoms with E-state index in [2.05, 4.69) is 0 Å². The quantitative estimate of drug-likeness (QED) is 0.575.